The van der Waals surface area contributed by atoms with Gasteiger partial charge in [0.1, 0.15) is 0 Å². The summed E-state index contributed by atoms with van der Waals surface area (Å²) in [6.45, 7) is 8.87. The zero-order chi connectivity index (χ0) is 11.0. The molecule has 0 bridgehead atoms. The van der Waals surface area contributed by atoms with Crippen LogP contribution in [0.15, 0.2) is 23.8 Å². The highest BCUT2D eigenvalue weighted by molar-refractivity contribution is 5.11. The predicted octanol–water partition coefficient (Wildman–Crippen LogP) is 3.55. The molecule has 2 atom stereocenters. The fourth-order valence-corrected chi connectivity index (χ4v) is 1.23. The minimum Gasteiger partial charge on any atom is -0.396 e. The van der Waals surface area contributed by atoms with Gasteiger partial charge >= 0.3 is 0 Å². The van der Waals surface area contributed by atoms with E-state index < -0.39 is 0 Å². The Hall–Kier alpha value is -0.560. The first-order valence-corrected chi connectivity index (χ1v) is 5.55. The van der Waals surface area contributed by atoms with Gasteiger partial charge in [0.25, 0.3) is 0 Å². The van der Waals surface area contributed by atoms with Crippen LogP contribution >= 0.6 is 0 Å². The van der Waals surface area contributed by atoms with E-state index in [1.165, 1.54) is 12.0 Å². The van der Waals surface area contributed by atoms with Gasteiger partial charge in [0.2, 0.25) is 0 Å². The van der Waals surface area contributed by atoms with Crippen molar-refractivity contribution < 1.29 is 5.11 Å². The molecule has 0 aromatic carbocycles. The zero-order valence-electron chi connectivity index (χ0n) is 9.96. The second-order valence-corrected chi connectivity index (χ2v) is 4.28. The van der Waals surface area contributed by atoms with Crippen molar-refractivity contribution in [3.05, 3.63) is 23.8 Å². The molecule has 14 heavy (non-hydrogen) atoms. The molecular weight excluding hydrogens is 172 g/mol. The first-order valence-electron chi connectivity index (χ1n) is 5.55. The van der Waals surface area contributed by atoms with Gasteiger partial charge in [-0.25, -0.2) is 0 Å². The molecule has 0 saturated carbocycles. The molecular formula is C13H24O. The fraction of sp³-hybridized carbons (Fsp3) is 0.692. The summed E-state index contributed by atoms with van der Waals surface area (Å²) in [7, 11) is 0. The highest BCUT2D eigenvalue weighted by atomic mass is 16.3. The van der Waals surface area contributed by atoms with Crippen LogP contribution in [0, 0.1) is 11.8 Å². The molecule has 0 spiro atoms. The first-order chi connectivity index (χ1) is 6.60. The molecule has 0 fully saturated rings. The molecule has 1 heteroatoms. The molecule has 0 saturated heterocycles. The monoisotopic (exact) mass is 196 g/mol. The van der Waals surface area contributed by atoms with Gasteiger partial charge in [0.15, 0.2) is 0 Å². The Morgan fingerprint density at radius 1 is 1.36 bits per heavy atom. The average Bonchev–Trinajstić information content (AvgIpc) is 2.17. The quantitative estimate of drug-likeness (QED) is 0.644. The molecule has 0 aromatic heterocycles. The summed E-state index contributed by atoms with van der Waals surface area (Å²) in [6.07, 6.45) is 8.69. The maximum Gasteiger partial charge on any atom is 0.0459 e. The molecule has 0 unspecified atom stereocenters. The Morgan fingerprint density at radius 3 is 2.50 bits per heavy atom. The van der Waals surface area contributed by atoms with Crippen LogP contribution in [-0.4, -0.2) is 11.7 Å². The fourth-order valence-electron chi connectivity index (χ4n) is 1.23. The van der Waals surface area contributed by atoms with E-state index in [0.29, 0.717) is 11.8 Å². The van der Waals surface area contributed by atoms with Gasteiger partial charge in [0.05, 0.1) is 0 Å². The standard InChI is InChI=1S/C13H24O/c1-5-11(2)7-6-8-12(3)9-13(4)10-14/h6-8,11,13-14H,5,9-10H2,1-4H3/b7-6+,12-8+/t11-,13+/m0/s1. The zero-order valence-corrected chi connectivity index (χ0v) is 9.96. The predicted molar refractivity (Wildman–Crippen MR) is 63.2 cm³/mol. The number of hydrogen-bond donors (Lipinski definition) is 1. The number of hydrogen-bond acceptors (Lipinski definition) is 1. The average molecular weight is 196 g/mol. The van der Waals surface area contributed by atoms with Crippen molar-refractivity contribution in [2.45, 2.75) is 40.5 Å². The Morgan fingerprint density at radius 2 is 2.00 bits per heavy atom. The van der Waals surface area contributed by atoms with Crippen LogP contribution in [0.3, 0.4) is 0 Å². The summed E-state index contributed by atoms with van der Waals surface area (Å²) in [5.41, 5.74) is 1.34. The summed E-state index contributed by atoms with van der Waals surface area (Å²) in [5.74, 6) is 1.04. The molecule has 0 aliphatic rings. The van der Waals surface area contributed by atoms with Crippen LogP contribution in [0.5, 0.6) is 0 Å². The van der Waals surface area contributed by atoms with E-state index in [4.69, 9.17) is 5.11 Å². The molecule has 1 N–H and O–H groups in total. The van der Waals surface area contributed by atoms with Gasteiger partial charge in [-0.1, -0.05) is 51.0 Å². The van der Waals surface area contributed by atoms with Gasteiger partial charge in [-0.2, -0.15) is 0 Å². The lowest BCUT2D eigenvalue weighted by Crippen LogP contribution is -2.00. The maximum absolute atomic E-state index is 8.89. The number of aliphatic hydroxyl groups excluding tert-OH is 1. The molecule has 0 aliphatic carbocycles. The summed E-state index contributed by atoms with van der Waals surface area (Å²) in [4.78, 5) is 0. The van der Waals surface area contributed by atoms with Crippen LogP contribution in [0.4, 0.5) is 0 Å². The van der Waals surface area contributed by atoms with Gasteiger partial charge in [-0.3, -0.25) is 0 Å². The summed E-state index contributed by atoms with van der Waals surface area (Å²) in [6, 6.07) is 0. The van der Waals surface area contributed by atoms with E-state index in [0.717, 1.165) is 6.42 Å². The van der Waals surface area contributed by atoms with Crippen LogP contribution in [-0.2, 0) is 0 Å². The Labute approximate surface area is 88.5 Å². The van der Waals surface area contributed by atoms with E-state index in [2.05, 4.69) is 45.9 Å². The molecule has 0 radical (unpaired) electrons. The third kappa shape index (κ3) is 6.90. The van der Waals surface area contributed by atoms with E-state index >= 15 is 0 Å². The lowest BCUT2D eigenvalue weighted by molar-refractivity contribution is 0.237. The molecule has 0 aromatic rings. The second-order valence-electron chi connectivity index (χ2n) is 4.28. The van der Waals surface area contributed by atoms with Crippen molar-refractivity contribution in [2.24, 2.45) is 11.8 Å². The number of aliphatic hydroxyl groups is 1. The van der Waals surface area contributed by atoms with Crippen molar-refractivity contribution >= 4 is 0 Å². The molecule has 0 amide bonds. The molecule has 0 heterocycles. The molecule has 82 valence electrons. The third-order valence-corrected chi connectivity index (χ3v) is 2.45. The summed E-state index contributed by atoms with van der Waals surface area (Å²) < 4.78 is 0. The molecule has 0 rings (SSSR count). The first kappa shape index (κ1) is 13.4. The van der Waals surface area contributed by atoms with Gasteiger partial charge in [-0.05, 0) is 25.2 Å². The summed E-state index contributed by atoms with van der Waals surface area (Å²) in [5, 5.41) is 8.89. The molecule has 1 nitrogen and oxygen atoms in total. The Balaban J connectivity index is 3.92. The van der Waals surface area contributed by atoms with E-state index in [1.807, 2.05) is 0 Å². The van der Waals surface area contributed by atoms with Crippen molar-refractivity contribution in [3.8, 4) is 0 Å². The van der Waals surface area contributed by atoms with Gasteiger partial charge in [0, 0.05) is 6.61 Å². The number of allylic oxidation sites excluding steroid dienone is 4. The lowest BCUT2D eigenvalue weighted by Gasteiger charge is -2.06. The molecule has 0 aliphatic heterocycles. The van der Waals surface area contributed by atoms with Crippen molar-refractivity contribution in [3.63, 3.8) is 0 Å². The maximum atomic E-state index is 8.89. The third-order valence-electron chi connectivity index (χ3n) is 2.45. The van der Waals surface area contributed by atoms with Crippen molar-refractivity contribution in [1.82, 2.24) is 0 Å². The van der Waals surface area contributed by atoms with E-state index in [-0.39, 0.29) is 6.61 Å². The minimum absolute atomic E-state index is 0.278. The van der Waals surface area contributed by atoms with Crippen LogP contribution in [0.1, 0.15) is 40.5 Å². The largest absolute Gasteiger partial charge is 0.396 e. The van der Waals surface area contributed by atoms with Gasteiger partial charge in [-0.15, -0.1) is 0 Å². The van der Waals surface area contributed by atoms with Crippen molar-refractivity contribution in [1.29, 1.82) is 0 Å². The smallest absolute Gasteiger partial charge is 0.0459 e. The second kappa shape index (κ2) is 7.81. The number of rotatable bonds is 6. The highest BCUT2D eigenvalue weighted by Crippen LogP contribution is 2.10. The van der Waals surface area contributed by atoms with E-state index in [9.17, 15) is 0 Å². The Kier molecular flexibility index (Phi) is 7.50. The lowest BCUT2D eigenvalue weighted by atomic mass is 10.0. The normalized spacial score (nSPS) is 17.4. The van der Waals surface area contributed by atoms with Gasteiger partial charge < -0.3 is 5.11 Å². The SMILES string of the molecule is CC[C@H](C)/C=C/C=C(\C)C[C@@H](C)CO. The van der Waals surface area contributed by atoms with Crippen LogP contribution in [0.25, 0.3) is 0 Å². The summed E-state index contributed by atoms with van der Waals surface area (Å²) >= 11 is 0. The minimum atomic E-state index is 0.278. The van der Waals surface area contributed by atoms with Crippen LogP contribution < -0.4 is 0 Å². The van der Waals surface area contributed by atoms with Crippen molar-refractivity contribution in [2.75, 3.05) is 6.61 Å². The van der Waals surface area contributed by atoms with Crippen LogP contribution in [0.2, 0.25) is 0 Å². The topological polar surface area (TPSA) is 20.2 Å². The Bertz CT molecular complexity index is 191. The van der Waals surface area contributed by atoms with E-state index in [1.54, 1.807) is 0 Å². The highest BCUT2D eigenvalue weighted by Gasteiger charge is 1.99.